The summed E-state index contributed by atoms with van der Waals surface area (Å²) in [6.45, 7) is 2.51. The number of nitrogens with zero attached hydrogens (tertiary/aromatic N) is 2. The van der Waals surface area contributed by atoms with E-state index in [2.05, 4.69) is 20.6 Å². The quantitative estimate of drug-likeness (QED) is 0.0849. The summed E-state index contributed by atoms with van der Waals surface area (Å²) < 4.78 is 16.3. The number of hydrogen-bond donors (Lipinski definition) is 6. The van der Waals surface area contributed by atoms with Crippen molar-refractivity contribution in [3.05, 3.63) is 47.5 Å². The van der Waals surface area contributed by atoms with Crippen LogP contribution >= 0.6 is 0 Å². The summed E-state index contributed by atoms with van der Waals surface area (Å²) in [7, 11) is 1.26. The number of methoxy groups -OCH3 is 1. The lowest BCUT2D eigenvalue weighted by molar-refractivity contribution is -0.114. The number of amides is 2. The molecule has 0 aromatic heterocycles. The molecule has 2 aromatic carbocycles. The molecule has 0 aliphatic carbocycles. The zero-order valence-electron chi connectivity index (χ0n) is 21.9. The van der Waals surface area contributed by atoms with Crippen LogP contribution in [0.2, 0.25) is 0 Å². The van der Waals surface area contributed by atoms with Crippen LogP contribution in [-0.4, -0.2) is 63.1 Å². The van der Waals surface area contributed by atoms with Gasteiger partial charge in [-0.25, -0.2) is 4.79 Å². The van der Waals surface area contributed by atoms with Gasteiger partial charge in [0.15, 0.2) is 11.9 Å². The molecule has 2 rings (SSSR count). The van der Waals surface area contributed by atoms with E-state index in [1.807, 2.05) is 0 Å². The molecular formula is C25H34N8O6. The summed E-state index contributed by atoms with van der Waals surface area (Å²) >= 11 is 0. The first-order valence-electron chi connectivity index (χ1n) is 11.9. The Morgan fingerprint density at radius 1 is 0.769 bits per heavy atom. The largest absolute Gasteiger partial charge is 0.491 e. The molecule has 0 unspecified atom stereocenters. The van der Waals surface area contributed by atoms with E-state index in [-0.39, 0.29) is 47.9 Å². The molecule has 2 amide bonds. The molecule has 14 nitrogen and oxygen atoms in total. The highest BCUT2D eigenvalue weighted by Crippen LogP contribution is 2.30. The Bertz CT molecular complexity index is 1220. The average Bonchev–Trinajstić information content (AvgIpc) is 2.88. The number of nitrogens with one attached hydrogen (secondary N) is 2. The van der Waals surface area contributed by atoms with Crippen LogP contribution in [0.4, 0.5) is 11.4 Å². The third kappa shape index (κ3) is 10.5. The lowest BCUT2D eigenvalue weighted by atomic mass is 10.1. The lowest BCUT2D eigenvalue weighted by Gasteiger charge is -2.15. The van der Waals surface area contributed by atoms with Gasteiger partial charge in [-0.1, -0.05) is 0 Å². The molecular weight excluding hydrogens is 508 g/mol. The molecule has 0 spiro atoms. The molecule has 0 heterocycles. The number of guanidine groups is 2. The fourth-order valence-electron chi connectivity index (χ4n) is 3.17. The normalized spacial score (nSPS) is 10.1. The fraction of sp³-hybridized carbons (Fsp3) is 0.320. The summed E-state index contributed by atoms with van der Waals surface area (Å²) in [5, 5.41) is 5.44. The van der Waals surface area contributed by atoms with Crippen LogP contribution in [0, 0.1) is 0 Å². The van der Waals surface area contributed by atoms with Crippen molar-refractivity contribution in [3.8, 4) is 11.5 Å². The van der Waals surface area contributed by atoms with Gasteiger partial charge in [-0.2, -0.15) is 0 Å². The molecule has 2 aromatic rings. The number of carbonyl (C=O) groups is 3. The van der Waals surface area contributed by atoms with Crippen molar-refractivity contribution in [1.82, 2.24) is 0 Å². The molecule has 0 fully saturated rings. The van der Waals surface area contributed by atoms with Gasteiger partial charge in [-0.15, -0.1) is 0 Å². The highest BCUT2D eigenvalue weighted by molar-refractivity contribution is 6.06. The molecule has 210 valence electrons. The molecule has 10 N–H and O–H groups in total. The van der Waals surface area contributed by atoms with Gasteiger partial charge in [0.1, 0.15) is 11.5 Å². The first-order chi connectivity index (χ1) is 18.6. The first-order valence-corrected chi connectivity index (χ1v) is 11.9. The van der Waals surface area contributed by atoms with Crippen molar-refractivity contribution in [3.63, 3.8) is 0 Å². The molecule has 0 aliphatic heterocycles. The van der Waals surface area contributed by atoms with Crippen molar-refractivity contribution < 1.29 is 28.6 Å². The van der Waals surface area contributed by atoms with Crippen molar-refractivity contribution in [2.75, 3.05) is 44.0 Å². The van der Waals surface area contributed by atoms with E-state index in [0.29, 0.717) is 43.1 Å². The summed E-state index contributed by atoms with van der Waals surface area (Å²) in [5.41, 5.74) is 22.5. The van der Waals surface area contributed by atoms with E-state index in [9.17, 15) is 14.4 Å². The third-order valence-corrected chi connectivity index (χ3v) is 4.91. The zero-order chi connectivity index (χ0) is 28.8. The number of anilines is 2. The fourth-order valence-corrected chi connectivity index (χ4v) is 3.17. The second-order valence-electron chi connectivity index (χ2n) is 8.07. The number of benzene rings is 2. The average molecular weight is 543 g/mol. The van der Waals surface area contributed by atoms with E-state index >= 15 is 0 Å². The second kappa shape index (κ2) is 15.3. The summed E-state index contributed by atoms with van der Waals surface area (Å²) in [6.07, 6.45) is 0.993. The van der Waals surface area contributed by atoms with E-state index in [1.54, 1.807) is 6.07 Å². The minimum atomic E-state index is -0.562. The van der Waals surface area contributed by atoms with Crippen LogP contribution in [0.3, 0.4) is 0 Å². The van der Waals surface area contributed by atoms with Crippen LogP contribution in [0.1, 0.15) is 40.5 Å². The number of aliphatic imine (C=N–C) groups is 2. The van der Waals surface area contributed by atoms with Crippen molar-refractivity contribution in [2.45, 2.75) is 19.8 Å². The predicted octanol–water partition coefficient (Wildman–Crippen LogP) is 0.769. The molecule has 0 aliphatic rings. The number of nitrogens with two attached hydrogens (primary N) is 4. The van der Waals surface area contributed by atoms with Crippen LogP contribution < -0.4 is 43.0 Å². The van der Waals surface area contributed by atoms with Crippen LogP contribution in [0.25, 0.3) is 0 Å². The monoisotopic (exact) mass is 542 g/mol. The van der Waals surface area contributed by atoms with Gasteiger partial charge < -0.3 is 47.8 Å². The van der Waals surface area contributed by atoms with E-state index in [4.69, 9.17) is 37.1 Å². The first kappa shape index (κ1) is 30.2. The zero-order valence-corrected chi connectivity index (χ0v) is 21.9. The SMILES string of the molecule is COC(=O)c1ccc(NC(=O)c2ccc(NC(C)=O)c(OCCCN=C(N)N)c2)c(OCCCN=C(N)N)c1. The molecule has 0 radical (unpaired) electrons. The minimum Gasteiger partial charge on any atom is -0.491 e. The molecule has 0 saturated carbocycles. The van der Waals surface area contributed by atoms with Crippen molar-refractivity contribution in [2.24, 2.45) is 32.9 Å². The minimum absolute atomic E-state index is 0.0238. The topological polar surface area (TPSA) is 232 Å². The van der Waals surface area contributed by atoms with E-state index in [0.717, 1.165) is 0 Å². The van der Waals surface area contributed by atoms with Gasteiger partial charge in [0, 0.05) is 38.4 Å². The summed E-state index contributed by atoms with van der Waals surface area (Å²) in [5.74, 6) is -0.854. The molecule has 0 saturated heterocycles. The van der Waals surface area contributed by atoms with Gasteiger partial charge in [-0.3, -0.25) is 19.6 Å². The number of ether oxygens (including phenoxy) is 3. The highest BCUT2D eigenvalue weighted by Gasteiger charge is 2.16. The standard InChI is InChI=1S/C25H34N8O6/c1-15(34)32-18-7-5-16(13-20(18)38-11-3-9-30-24(26)27)22(35)33-19-8-6-17(23(36)37-2)14-21(19)39-12-4-10-31-25(28)29/h5-8,13-14H,3-4,9-12H2,1-2H3,(H,32,34)(H,33,35)(H4,26,27,30)(H4,28,29,31). The van der Waals surface area contributed by atoms with Gasteiger partial charge in [0.25, 0.3) is 5.91 Å². The van der Waals surface area contributed by atoms with Crippen molar-refractivity contribution in [1.29, 1.82) is 0 Å². The number of hydrogen-bond acceptors (Lipinski definition) is 8. The Balaban J connectivity index is 2.23. The third-order valence-electron chi connectivity index (χ3n) is 4.91. The van der Waals surface area contributed by atoms with Gasteiger partial charge >= 0.3 is 5.97 Å². The predicted molar refractivity (Wildman–Crippen MR) is 148 cm³/mol. The molecule has 39 heavy (non-hydrogen) atoms. The number of carbonyl (C=O) groups excluding carboxylic acids is 3. The Morgan fingerprint density at radius 3 is 1.74 bits per heavy atom. The Hall–Kier alpha value is -5.01. The van der Waals surface area contributed by atoms with Gasteiger partial charge in [0.05, 0.1) is 37.3 Å². The Morgan fingerprint density at radius 2 is 1.26 bits per heavy atom. The van der Waals surface area contributed by atoms with E-state index < -0.39 is 11.9 Å². The Labute approximate surface area is 225 Å². The molecule has 0 bridgehead atoms. The highest BCUT2D eigenvalue weighted by atomic mass is 16.5. The second-order valence-corrected chi connectivity index (χ2v) is 8.07. The van der Waals surface area contributed by atoms with Crippen LogP contribution in [-0.2, 0) is 9.53 Å². The maximum Gasteiger partial charge on any atom is 0.337 e. The lowest BCUT2D eigenvalue weighted by Crippen LogP contribution is -2.23. The van der Waals surface area contributed by atoms with Gasteiger partial charge in [-0.05, 0) is 36.4 Å². The smallest absolute Gasteiger partial charge is 0.337 e. The van der Waals surface area contributed by atoms with E-state index in [1.165, 1.54) is 44.4 Å². The van der Waals surface area contributed by atoms with Crippen molar-refractivity contribution >= 4 is 41.1 Å². The van der Waals surface area contributed by atoms with Crippen LogP contribution in [0.15, 0.2) is 46.4 Å². The Kier molecular flexibility index (Phi) is 11.8. The van der Waals surface area contributed by atoms with Crippen LogP contribution in [0.5, 0.6) is 11.5 Å². The number of rotatable bonds is 14. The molecule has 14 heteroatoms. The van der Waals surface area contributed by atoms with Gasteiger partial charge in [0.2, 0.25) is 5.91 Å². The summed E-state index contributed by atoms with van der Waals surface area (Å²) in [4.78, 5) is 44.5. The maximum atomic E-state index is 13.1. The summed E-state index contributed by atoms with van der Waals surface area (Å²) in [6, 6.07) is 9.09. The molecule has 0 atom stereocenters. The number of esters is 1. The maximum absolute atomic E-state index is 13.1.